The third-order valence-electron chi connectivity index (χ3n) is 3.48. The van der Waals surface area contributed by atoms with Crippen molar-refractivity contribution in [3.05, 3.63) is 24.5 Å². The summed E-state index contributed by atoms with van der Waals surface area (Å²) in [7, 11) is 0. The predicted molar refractivity (Wildman–Crippen MR) is 81.9 cm³/mol. The van der Waals surface area contributed by atoms with Crippen molar-refractivity contribution in [3.63, 3.8) is 0 Å². The van der Waals surface area contributed by atoms with Crippen molar-refractivity contribution < 1.29 is 21.8 Å². The molecule has 0 spiro atoms. The maximum absolute atomic E-state index is 12.3. The highest BCUT2D eigenvalue weighted by Crippen LogP contribution is 2.17. The van der Waals surface area contributed by atoms with Crippen molar-refractivity contribution >= 4 is 34.9 Å². The first-order valence-corrected chi connectivity index (χ1v) is 8.00. The summed E-state index contributed by atoms with van der Waals surface area (Å²) < 4.78 is 1.58. The van der Waals surface area contributed by atoms with Crippen LogP contribution in [0.4, 0.5) is 10.5 Å². The van der Waals surface area contributed by atoms with E-state index in [1.54, 1.807) is 9.47 Å². The van der Waals surface area contributed by atoms with Crippen molar-refractivity contribution in [2.45, 2.75) is 12.8 Å². The fourth-order valence-corrected chi connectivity index (χ4v) is 2.81. The largest absolute Gasteiger partial charge is 1.00 e. The van der Waals surface area contributed by atoms with Gasteiger partial charge in [0.25, 0.3) is 0 Å². The molecule has 0 aliphatic carbocycles. The molecule has 0 bridgehead atoms. The van der Waals surface area contributed by atoms with E-state index < -0.39 is 0 Å². The van der Waals surface area contributed by atoms with Crippen molar-refractivity contribution in [1.82, 2.24) is 4.90 Å². The van der Waals surface area contributed by atoms with Gasteiger partial charge in [0.15, 0.2) is 0 Å². The van der Waals surface area contributed by atoms with Gasteiger partial charge in [-0.15, -0.1) is 23.2 Å². The van der Waals surface area contributed by atoms with Gasteiger partial charge in [-0.1, -0.05) is 0 Å². The number of aromatic nitrogens is 1. The molecule has 0 unspecified atom stereocenters. The Morgan fingerprint density at radius 3 is 2.14 bits per heavy atom. The molecule has 0 N–H and O–H groups in total. The summed E-state index contributed by atoms with van der Waals surface area (Å²) in [4.78, 5) is 16.3. The van der Waals surface area contributed by atoms with Crippen LogP contribution in [0, 0.1) is 0 Å². The van der Waals surface area contributed by atoms with E-state index in [2.05, 4.69) is 4.90 Å². The molecule has 2 heterocycles. The van der Waals surface area contributed by atoms with E-state index in [4.69, 9.17) is 23.2 Å². The zero-order valence-electron chi connectivity index (χ0n) is 11.9. The molecular formula is C14H20Cl3N3O. The lowest BCUT2D eigenvalue weighted by Gasteiger charge is -2.17. The van der Waals surface area contributed by atoms with Crippen LogP contribution in [0.25, 0.3) is 0 Å². The van der Waals surface area contributed by atoms with Crippen LogP contribution in [0.2, 0.25) is 0 Å². The molecule has 2 rings (SSSR count). The van der Waals surface area contributed by atoms with E-state index >= 15 is 0 Å². The highest BCUT2D eigenvalue weighted by Gasteiger charge is 2.23. The molecule has 4 nitrogen and oxygen atoms in total. The fourth-order valence-electron chi connectivity index (χ4n) is 2.40. The Bertz CT molecular complexity index is 430. The van der Waals surface area contributed by atoms with Gasteiger partial charge in [-0.05, 0) is 12.8 Å². The van der Waals surface area contributed by atoms with Crippen LogP contribution in [0.1, 0.15) is 12.8 Å². The van der Waals surface area contributed by atoms with Gasteiger partial charge in [0, 0.05) is 30.9 Å². The number of nitrogens with zero attached hydrogens (tertiary/aromatic N) is 3. The third-order valence-corrected chi connectivity index (χ3v) is 3.82. The van der Waals surface area contributed by atoms with Crippen molar-refractivity contribution in [3.8, 4) is 0 Å². The number of amides is 1. The number of hydrogen-bond donors (Lipinski definition) is 0. The minimum atomic E-state index is -0.0840. The van der Waals surface area contributed by atoms with Gasteiger partial charge in [0.1, 0.15) is 25.5 Å². The highest BCUT2D eigenvalue weighted by atomic mass is 35.5. The quantitative estimate of drug-likeness (QED) is 0.519. The van der Waals surface area contributed by atoms with Crippen LogP contribution < -0.4 is 21.9 Å². The Morgan fingerprint density at radius 1 is 1.14 bits per heavy atom. The maximum Gasteiger partial charge on any atom is 0.497 e. The molecule has 1 aromatic rings. The van der Waals surface area contributed by atoms with Gasteiger partial charge >= 0.3 is 6.03 Å². The second kappa shape index (κ2) is 9.34. The smallest absolute Gasteiger partial charge is 0.497 e. The number of anilines is 1. The minimum Gasteiger partial charge on any atom is -1.00 e. The Morgan fingerprint density at radius 2 is 1.67 bits per heavy atom. The molecule has 1 aliphatic heterocycles. The number of carbonyl (C=O) groups excluding carboxylic acids is 1. The van der Waals surface area contributed by atoms with Crippen molar-refractivity contribution in [2.24, 2.45) is 0 Å². The van der Waals surface area contributed by atoms with Crippen LogP contribution in [0.5, 0.6) is 0 Å². The minimum absolute atomic E-state index is 0. The first-order valence-electron chi connectivity index (χ1n) is 6.93. The normalized spacial score (nSPS) is 13.9. The monoisotopic (exact) mass is 351 g/mol. The highest BCUT2D eigenvalue weighted by molar-refractivity contribution is 6.18. The summed E-state index contributed by atoms with van der Waals surface area (Å²) >= 11 is 11.4. The lowest BCUT2D eigenvalue weighted by molar-refractivity contribution is -0.578. The summed E-state index contributed by atoms with van der Waals surface area (Å²) in [6, 6.07) is 3.89. The molecule has 0 saturated carbocycles. The second-order valence-electron chi connectivity index (χ2n) is 4.81. The Labute approximate surface area is 142 Å². The zero-order valence-corrected chi connectivity index (χ0v) is 14.1. The summed E-state index contributed by atoms with van der Waals surface area (Å²) in [5.74, 6) is 0.824. The van der Waals surface area contributed by atoms with Crippen molar-refractivity contribution in [2.75, 3.05) is 42.8 Å². The molecule has 0 atom stereocenters. The first kappa shape index (κ1) is 18.3. The van der Waals surface area contributed by atoms with Crippen LogP contribution in [-0.4, -0.2) is 48.9 Å². The first-order chi connectivity index (χ1) is 9.76. The van der Waals surface area contributed by atoms with Crippen LogP contribution in [-0.2, 0) is 0 Å². The molecule has 1 fully saturated rings. The number of carbonyl (C=O) groups is 1. The summed E-state index contributed by atoms with van der Waals surface area (Å²) in [6.45, 7) is 3.22. The van der Waals surface area contributed by atoms with E-state index in [-0.39, 0.29) is 18.4 Å². The number of rotatable bonds is 5. The molecule has 1 saturated heterocycles. The third kappa shape index (κ3) is 4.90. The molecular weight excluding hydrogens is 333 g/mol. The van der Waals surface area contributed by atoms with Gasteiger partial charge in [-0.25, -0.2) is 4.90 Å². The number of halogens is 3. The maximum atomic E-state index is 12.3. The molecule has 118 valence electrons. The molecule has 1 aromatic heterocycles. The van der Waals surface area contributed by atoms with Gasteiger partial charge in [0.2, 0.25) is 0 Å². The van der Waals surface area contributed by atoms with E-state index in [1.807, 2.05) is 24.5 Å². The molecule has 0 radical (unpaired) electrons. The molecule has 21 heavy (non-hydrogen) atoms. The van der Waals surface area contributed by atoms with Gasteiger partial charge < -0.3 is 17.3 Å². The van der Waals surface area contributed by atoms with Gasteiger partial charge in [-0.3, -0.25) is 0 Å². The van der Waals surface area contributed by atoms with Crippen LogP contribution >= 0.6 is 23.2 Å². The number of alkyl halides is 2. The van der Waals surface area contributed by atoms with Crippen molar-refractivity contribution in [1.29, 1.82) is 0 Å². The van der Waals surface area contributed by atoms with Crippen LogP contribution in [0.3, 0.4) is 0 Å². The van der Waals surface area contributed by atoms with Gasteiger partial charge in [-0.2, -0.15) is 9.36 Å². The number of pyridine rings is 1. The van der Waals surface area contributed by atoms with E-state index in [0.29, 0.717) is 24.8 Å². The summed E-state index contributed by atoms with van der Waals surface area (Å²) in [6.07, 6.45) is 6.11. The Hall–Kier alpha value is -0.710. The average molecular weight is 353 g/mol. The summed E-state index contributed by atoms with van der Waals surface area (Å²) in [5, 5.41) is 0. The standard InChI is InChI=1S/C14H20Cl2N3O.ClH/c15-5-11-19(12-6-16)14(20)18-9-3-13(4-10-18)17-7-1-2-8-17;/h3-4,9-10H,1-2,5-8,11-12H2;1H/q+1;/p-1. The lowest BCUT2D eigenvalue weighted by Crippen LogP contribution is -3.00. The topological polar surface area (TPSA) is 27.4 Å². The Kier molecular flexibility index (Phi) is 8.15. The van der Waals surface area contributed by atoms with E-state index in [0.717, 1.165) is 13.1 Å². The Balaban J connectivity index is 0.00000220. The average Bonchev–Trinajstić information content (AvgIpc) is 3.01. The fraction of sp³-hybridized carbons (Fsp3) is 0.571. The second-order valence-corrected chi connectivity index (χ2v) is 5.56. The van der Waals surface area contributed by atoms with E-state index in [1.165, 1.54) is 18.5 Å². The molecule has 1 amide bonds. The van der Waals surface area contributed by atoms with Crippen LogP contribution in [0.15, 0.2) is 24.5 Å². The molecule has 7 heteroatoms. The van der Waals surface area contributed by atoms with E-state index in [9.17, 15) is 4.79 Å². The summed E-state index contributed by atoms with van der Waals surface area (Å²) in [5.41, 5.74) is 1.17. The SMILES string of the molecule is O=C(N(CCCl)CCCl)[n+]1ccc(N2CCCC2)cc1.[Cl-]. The number of hydrogen-bond acceptors (Lipinski definition) is 2. The molecule has 1 aliphatic rings. The lowest BCUT2D eigenvalue weighted by atomic mass is 10.3. The van der Waals surface area contributed by atoms with Gasteiger partial charge in [0.05, 0.1) is 11.8 Å². The molecule has 0 aromatic carbocycles. The zero-order chi connectivity index (χ0) is 14.4. The predicted octanol–water partition coefficient (Wildman–Crippen LogP) is -0.674.